The van der Waals surface area contributed by atoms with Gasteiger partial charge in [0.1, 0.15) is 6.10 Å². The summed E-state index contributed by atoms with van der Waals surface area (Å²) in [6.07, 6.45) is 3.96. The van der Waals surface area contributed by atoms with Crippen LogP contribution in [0.3, 0.4) is 0 Å². The lowest BCUT2D eigenvalue weighted by molar-refractivity contribution is -0.199. The van der Waals surface area contributed by atoms with E-state index in [0.29, 0.717) is 5.57 Å². The summed E-state index contributed by atoms with van der Waals surface area (Å²) >= 11 is 0. The summed E-state index contributed by atoms with van der Waals surface area (Å²) in [6.45, 7) is 10.7. The maximum absolute atomic E-state index is 12.7. The Balaban J connectivity index is 1.81. The molecule has 3 aliphatic carbocycles. The van der Waals surface area contributed by atoms with E-state index in [0.717, 1.165) is 24.8 Å². The van der Waals surface area contributed by atoms with Gasteiger partial charge in [-0.1, -0.05) is 19.9 Å². The molecule has 2 bridgehead atoms. The summed E-state index contributed by atoms with van der Waals surface area (Å²) < 4.78 is 23.2. The molecule has 3 fully saturated rings. The molecule has 0 aromatic carbocycles. The van der Waals surface area contributed by atoms with Crippen molar-refractivity contribution in [2.24, 2.45) is 28.6 Å². The average molecular weight is 433 g/mol. The highest BCUT2D eigenvalue weighted by Crippen LogP contribution is 2.75. The van der Waals surface area contributed by atoms with E-state index < -0.39 is 30.4 Å². The van der Waals surface area contributed by atoms with Gasteiger partial charge in [0.2, 0.25) is 6.29 Å². The van der Waals surface area contributed by atoms with E-state index in [1.807, 2.05) is 0 Å². The highest BCUT2D eigenvalue weighted by atomic mass is 16.7. The van der Waals surface area contributed by atoms with Crippen LogP contribution in [-0.4, -0.2) is 36.4 Å². The minimum atomic E-state index is -0.715. The monoisotopic (exact) mass is 432 g/mol. The standard InChI is InChI=1S/C24H32O7/c1-7-12(2)21(27)31-19-16-10-24-15(8-9-18(24)23(16,5)6)22(30-14(4)26)28-11-17(24)20(19)29-13(3)25/h7,11,15-16,18-20,22H,8-10H2,1-6H3/b12-7-/t15-,16+,18+,19+,20+,22-,24+/m0/s1. The van der Waals surface area contributed by atoms with Gasteiger partial charge in [0.05, 0.1) is 6.26 Å². The van der Waals surface area contributed by atoms with Crippen LogP contribution in [0.15, 0.2) is 23.5 Å². The average Bonchev–Trinajstić information content (AvgIpc) is 3.16. The molecule has 1 aliphatic heterocycles. The molecular weight excluding hydrogens is 400 g/mol. The Bertz CT molecular complexity index is 869. The number of carbonyl (C=O) groups excluding carboxylic acids is 3. The van der Waals surface area contributed by atoms with Crippen LogP contribution >= 0.6 is 0 Å². The maximum Gasteiger partial charge on any atom is 0.333 e. The molecule has 1 heterocycles. The molecule has 4 rings (SSSR count). The van der Waals surface area contributed by atoms with Crippen LogP contribution in [0.1, 0.15) is 60.8 Å². The van der Waals surface area contributed by atoms with E-state index in [9.17, 15) is 14.4 Å². The molecule has 0 saturated heterocycles. The van der Waals surface area contributed by atoms with Crippen molar-refractivity contribution < 1.29 is 33.3 Å². The van der Waals surface area contributed by atoms with Gasteiger partial charge in [0.15, 0.2) is 6.10 Å². The molecule has 7 nitrogen and oxygen atoms in total. The van der Waals surface area contributed by atoms with E-state index >= 15 is 0 Å². The van der Waals surface area contributed by atoms with Gasteiger partial charge >= 0.3 is 17.9 Å². The summed E-state index contributed by atoms with van der Waals surface area (Å²) in [5.74, 6) is -0.938. The third kappa shape index (κ3) is 3.11. The van der Waals surface area contributed by atoms with Crippen molar-refractivity contribution in [1.82, 2.24) is 0 Å². The Labute approximate surface area is 183 Å². The number of fused-ring (bicyclic) bond motifs is 1. The predicted octanol–water partition coefficient (Wildman–Crippen LogP) is 3.67. The molecule has 170 valence electrons. The lowest BCUT2D eigenvalue weighted by Gasteiger charge is -2.50. The molecule has 4 aliphatic rings. The van der Waals surface area contributed by atoms with E-state index in [1.54, 1.807) is 26.2 Å². The molecule has 31 heavy (non-hydrogen) atoms. The molecular formula is C24H32O7. The minimum absolute atomic E-state index is 0.00600. The topological polar surface area (TPSA) is 88.1 Å². The Morgan fingerprint density at radius 2 is 1.71 bits per heavy atom. The molecule has 7 atom stereocenters. The normalized spacial score (nSPS) is 39.7. The van der Waals surface area contributed by atoms with Gasteiger partial charge in [-0.25, -0.2) is 4.79 Å². The molecule has 0 unspecified atom stereocenters. The Morgan fingerprint density at radius 3 is 2.32 bits per heavy atom. The molecule has 1 spiro atoms. The fourth-order valence-corrected chi connectivity index (χ4v) is 6.91. The van der Waals surface area contributed by atoms with Gasteiger partial charge in [0.25, 0.3) is 0 Å². The Morgan fingerprint density at radius 1 is 1.03 bits per heavy atom. The van der Waals surface area contributed by atoms with Crippen molar-refractivity contribution in [2.75, 3.05) is 0 Å². The van der Waals surface area contributed by atoms with Gasteiger partial charge in [-0.3, -0.25) is 9.59 Å². The van der Waals surface area contributed by atoms with Crippen LogP contribution in [0.5, 0.6) is 0 Å². The lowest BCUT2D eigenvalue weighted by atomic mass is 9.61. The first kappa shape index (κ1) is 21.9. The zero-order chi connectivity index (χ0) is 22.7. The summed E-state index contributed by atoms with van der Waals surface area (Å²) in [4.78, 5) is 36.5. The second kappa shape index (κ2) is 7.38. The van der Waals surface area contributed by atoms with Crippen LogP contribution in [0, 0.1) is 28.6 Å². The first-order chi connectivity index (χ1) is 14.5. The number of hydrogen-bond donors (Lipinski definition) is 0. The number of allylic oxidation sites excluding steroid dienone is 1. The Hall–Kier alpha value is -2.31. The zero-order valence-electron chi connectivity index (χ0n) is 19.1. The molecule has 0 radical (unpaired) electrons. The van der Waals surface area contributed by atoms with Crippen LogP contribution in [-0.2, 0) is 33.3 Å². The molecule has 7 heteroatoms. The molecule has 0 aromatic heterocycles. The number of esters is 3. The van der Waals surface area contributed by atoms with Crippen molar-refractivity contribution >= 4 is 17.9 Å². The van der Waals surface area contributed by atoms with Crippen molar-refractivity contribution in [3.8, 4) is 0 Å². The molecule has 0 aromatic rings. The van der Waals surface area contributed by atoms with Crippen molar-refractivity contribution in [3.63, 3.8) is 0 Å². The zero-order valence-corrected chi connectivity index (χ0v) is 19.1. The third-order valence-corrected chi connectivity index (χ3v) is 8.23. The molecule has 3 saturated carbocycles. The highest BCUT2D eigenvalue weighted by Gasteiger charge is 2.74. The van der Waals surface area contributed by atoms with E-state index in [4.69, 9.17) is 18.9 Å². The van der Waals surface area contributed by atoms with Crippen molar-refractivity contribution in [2.45, 2.75) is 79.3 Å². The summed E-state index contributed by atoms with van der Waals surface area (Å²) in [7, 11) is 0. The SMILES string of the molecule is C/C=C(/C)C(=O)O[C@H]1[C@H](OC(C)=O)C2=CO[C@@H](OC(C)=O)[C@@H]3CC[C@@H]4C(C)(C)[C@@H]1C[C@@]243. The summed E-state index contributed by atoms with van der Waals surface area (Å²) in [5, 5.41) is 0. The van der Waals surface area contributed by atoms with Gasteiger partial charge in [0, 0.05) is 42.2 Å². The number of ether oxygens (including phenoxy) is 4. The van der Waals surface area contributed by atoms with Crippen LogP contribution in [0.2, 0.25) is 0 Å². The van der Waals surface area contributed by atoms with Gasteiger partial charge in [-0.15, -0.1) is 0 Å². The van der Waals surface area contributed by atoms with Crippen LogP contribution in [0.4, 0.5) is 0 Å². The molecule has 0 amide bonds. The van der Waals surface area contributed by atoms with Gasteiger partial charge in [-0.2, -0.15) is 0 Å². The summed E-state index contributed by atoms with van der Waals surface area (Å²) in [6, 6.07) is 0. The van der Waals surface area contributed by atoms with Crippen LogP contribution < -0.4 is 0 Å². The number of rotatable bonds is 4. The summed E-state index contributed by atoms with van der Waals surface area (Å²) in [5.41, 5.74) is 0.914. The smallest absolute Gasteiger partial charge is 0.333 e. The quantitative estimate of drug-likeness (QED) is 0.380. The minimum Gasteiger partial charge on any atom is -0.462 e. The first-order valence-electron chi connectivity index (χ1n) is 11.1. The second-order valence-electron chi connectivity index (χ2n) is 9.97. The third-order valence-electron chi connectivity index (χ3n) is 8.23. The van der Waals surface area contributed by atoms with E-state index in [1.165, 1.54) is 13.8 Å². The fourth-order valence-electron chi connectivity index (χ4n) is 6.91. The second-order valence-corrected chi connectivity index (χ2v) is 9.97. The maximum atomic E-state index is 12.7. The first-order valence-corrected chi connectivity index (χ1v) is 11.1. The van der Waals surface area contributed by atoms with Crippen LogP contribution in [0.25, 0.3) is 0 Å². The van der Waals surface area contributed by atoms with Crippen molar-refractivity contribution in [3.05, 3.63) is 23.5 Å². The number of carbonyl (C=O) groups is 3. The van der Waals surface area contributed by atoms with Crippen molar-refractivity contribution in [1.29, 1.82) is 0 Å². The van der Waals surface area contributed by atoms with E-state index in [2.05, 4.69) is 13.8 Å². The van der Waals surface area contributed by atoms with Gasteiger partial charge < -0.3 is 18.9 Å². The number of hydrogen-bond acceptors (Lipinski definition) is 7. The molecule has 0 N–H and O–H groups in total. The van der Waals surface area contributed by atoms with E-state index in [-0.39, 0.29) is 34.6 Å². The Kier molecular flexibility index (Phi) is 5.22. The lowest BCUT2D eigenvalue weighted by Crippen LogP contribution is -2.54. The predicted molar refractivity (Wildman–Crippen MR) is 110 cm³/mol. The largest absolute Gasteiger partial charge is 0.462 e. The fraction of sp³-hybridized carbons (Fsp3) is 0.708. The van der Waals surface area contributed by atoms with Gasteiger partial charge in [-0.05, 0) is 44.4 Å². The highest BCUT2D eigenvalue weighted by molar-refractivity contribution is 5.87.